The Balaban J connectivity index is 2.16. The minimum Gasteiger partial charge on any atom is -0.468 e. The lowest BCUT2D eigenvalue weighted by Gasteiger charge is -2.06. The number of ether oxygens (including phenoxy) is 1. The molecule has 2 aromatic rings. The number of esters is 1. The summed E-state index contributed by atoms with van der Waals surface area (Å²) in [5.74, 6) is 0.946. The van der Waals surface area contributed by atoms with Gasteiger partial charge in [-0.3, -0.25) is 4.79 Å². The number of carbonyl (C=O) groups is 1. The van der Waals surface area contributed by atoms with E-state index in [1.807, 2.05) is 36.4 Å². The van der Waals surface area contributed by atoms with Gasteiger partial charge < -0.3 is 14.9 Å². The SMILES string of the molecule is COC(=O)C(N)Cc1ccc(-c2ccccc2Br)o1. The zero-order chi connectivity index (χ0) is 13.8. The Bertz CT molecular complexity index is 580. The molecule has 0 aliphatic rings. The van der Waals surface area contributed by atoms with Crippen molar-refractivity contribution in [2.75, 3.05) is 7.11 Å². The number of nitrogens with two attached hydrogens (primary N) is 1. The Morgan fingerprint density at radius 3 is 2.79 bits per heavy atom. The summed E-state index contributed by atoms with van der Waals surface area (Å²) in [7, 11) is 1.32. The van der Waals surface area contributed by atoms with Crippen LogP contribution >= 0.6 is 15.9 Å². The molecule has 4 nitrogen and oxygen atoms in total. The lowest BCUT2D eigenvalue weighted by molar-refractivity contribution is -0.142. The third-order valence-corrected chi connectivity index (χ3v) is 3.42. The van der Waals surface area contributed by atoms with Crippen LogP contribution in [0.15, 0.2) is 45.3 Å². The van der Waals surface area contributed by atoms with Gasteiger partial charge in [-0.2, -0.15) is 0 Å². The zero-order valence-corrected chi connectivity index (χ0v) is 12.0. The molecule has 1 atom stereocenters. The fraction of sp³-hybridized carbons (Fsp3) is 0.214. The average Bonchev–Trinajstić information content (AvgIpc) is 2.86. The highest BCUT2D eigenvalue weighted by atomic mass is 79.9. The van der Waals surface area contributed by atoms with Gasteiger partial charge in [0, 0.05) is 16.5 Å². The Labute approximate surface area is 119 Å². The Hall–Kier alpha value is -1.59. The van der Waals surface area contributed by atoms with E-state index in [1.165, 1.54) is 7.11 Å². The normalized spacial score (nSPS) is 12.2. The molecule has 1 aromatic carbocycles. The number of methoxy groups -OCH3 is 1. The van der Waals surface area contributed by atoms with Gasteiger partial charge in [-0.15, -0.1) is 0 Å². The van der Waals surface area contributed by atoms with E-state index in [9.17, 15) is 4.79 Å². The van der Waals surface area contributed by atoms with Crippen LogP contribution in [0.4, 0.5) is 0 Å². The van der Waals surface area contributed by atoms with Gasteiger partial charge in [0.05, 0.1) is 7.11 Å². The summed E-state index contributed by atoms with van der Waals surface area (Å²) < 4.78 is 11.2. The Kier molecular flexibility index (Phi) is 4.39. The van der Waals surface area contributed by atoms with Gasteiger partial charge in [0.15, 0.2) is 0 Å². The fourth-order valence-corrected chi connectivity index (χ4v) is 2.23. The molecule has 2 N–H and O–H groups in total. The molecule has 1 unspecified atom stereocenters. The summed E-state index contributed by atoms with van der Waals surface area (Å²) in [6.07, 6.45) is 0.317. The molecule has 0 spiro atoms. The molecule has 0 saturated carbocycles. The smallest absolute Gasteiger partial charge is 0.323 e. The maximum Gasteiger partial charge on any atom is 0.323 e. The van der Waals surface area contributed by atoms with Crippen molar-refractivity contribution in [1.82, 2.24) is 0 Å². The first kappa shape index (κ1) is 13.8. The minimum absolute atomic E-state index is 0.317. The van der Waals surface area contributed by atoms with Crippen molar-refractivity contribution in [3.05, 3.63) is 46.6 Å². The van der Waals surface area contributed by atoms with Crippen LogP contribution in [0.25, 0.3) is 11.3 Å². The number of hydrogen-bond donors (Lipinski definition) is 1. The summed E-state index contributed by atoms with van der Waals surface area (Å²) in [6, 6.07) is 10.7. The van der Waals surface area contributed by atoms with Crippen LogP contribution < -0.4 is 5.73 Å². The van der Waals surface area contributed by atoms with Crippen molar-refractivity contribution < 1.29 is 13.9 Å². The highest BCUT2D eigenvalue weighted by Crippen LogP contribution is 2.29. The predicted octanol–water partition coefficient (Wildman–Crippen LogP) is 2.75. The predicted molar refractivity (Wildman–Crippen MR) is 75.5 cm³/mol. The van der Waals surface area contributed by atoms with Gasteiger partial charge in [-0.1, -0.05) is 34.1 Å². The molecule has 0 radical (unpaired) electrons. The number of furan rings is 1. The number of halogens is 1. The van der Waals surface area contributed by atoms with Gasteiger partial charge in [-0.25, -0.2) is 0 Å². The molecule has 1 aromatic heterocycles. The molecule has 0 aliphatic carbocycles. The van der Waals surface area contributed by atoms with Gasteiger partial charge in [0.25, 0.3) is 0 Å². The summed E-state index contributed by atoms with van der Waals surface area (Å²) in [5.41, 5.74) is 6.65. The maximum atomic E-state index is 11.3. The van der Waals surface area contributed by atoms with Crippen LogP contribution in [0.1, 0.15) is 5.76 Å². The van der Waals surface area contributed by atoms with Gasteiger partial charge in [0.2, 0.25) is 0 Å². The van der Waals surface area contributed by atoms with Gasteiger partial charge in [-0.05, 0) is 18.2 Å². The lowest BCUT2D eigenvalue weighted by Crippen LogP contribution is -2.33. The molecule has 0 amide bonds. The van der Waals surface area contributed by atoms with Gasteiger partial charge >= 0.3 is 5.97 Å². The fourth-order valence-electron chi connectivity index (χ4n) is 1.74. The first-order valence-electron chi connectivity index (χ1n) is 5.79. The van der Waals surface area contributed by atoms with E-state index < -0.39 is 12.0 Å². The molecule has 19 heavy (non-hydrogen) atoms. The number of rotatable bonds is 4. The second-order valence-electron chi connectivity index (χ2n) is 4.08. The van der Waals surface area contributed by atoms with Crippen molar-refractivity contribution >= 4 is 21.9 Å². The maximum absolute atomic E-state index is 11.3. The Morgan fingerprint density at radius 1 is 1.37 bits per heavy atom. The average molecular weight is 324 g/mol. The third kappa shape index (κ3) is 3.24. The largest absolute Gasteiger partial charge is 0.468 e. The van der Waals surface area contributed by atoms with Crippen molar-refractivity contribution in [2.24, 2.45) is 5.73 Å². The first-order valence-corrected chi connectivity index (χ1v) is 6.58. The van der Waals surface area contributed by atoms with Crippen LogP contribution in [0.2, 0.25) is 0 Å². The molecule has 5 heteroatoms. The highest BCUT2D eigenvalue weighted by molar-refractivity contribution is 9.10. The van der Waals surface area contributed by atoms with E-state index >= 15 is 0 Å². The molecule has 100 valence electrons. The van der Waals surface area contributed by atoms with Crippen LogP contribution in [0.5, 0.6) is 0 Å². The number of hydrogen-bond acceptors (Lipinski definition) is 4. The van der Waals surface area contributed by atoms with E-state index in [0.717, 1.165) is 15.8 Å². The molecular weight excluding hydrogens is 310 g/mol. The molecule has 0 bridgehead atoms. The molecule has 0 saturated heterocycles. The summed E-state index contributed by atoms with van der Waals surface area (Å²) in [4.78, 5) is 11.3. The quantitative estimate of drug-likeness (QED) is 0.878. The van der Waals surface area contributed by atoms with E-state index in [0.29, 0.717) is 12.2 Å². The molecule has 0 aliphatic heterocycles. The van der Waals surface area contributed by atoms with E-state index in [4.69, 9.17) is 10.2 Å². The second kappa shape index (κ2) is 6.04. The lowest BCUT2D eigenvalue weighted by atomic mass is 10.2. The van der Waals surface area contributed by atoms with Crippen LogP contribution in [0, 0.1) is 0 Å². The summed E-state index contributed by atoms with van der Waals surface area (Å²) >= 11 is 3.47. The summed E-state index contributed by atoms with van der Waals surface area (Å²) in [5, 5.41) is 0. The van der Waals surface area contributed by atoms with Gasteiger partial charge in [0.1, 0.15) is 17.6 Å². The number of benzene rings is 1. The first-order chi connectivity index (χ1) is 9.11. The molecular formula is C14H14BrNO3. The topological polar surface area (TPSA) is 65.5 Å². The molecule has 0 fully saturated rings. The van der Waals surface area contributed by atoms with Crippen molar-refractivity contribution in [1.29, 1.82) is 0 Å². The van der Waals surface area contributed by atoms with Crippen LogP contribution in [-0.2, 0) is 16.0 Å². The van der Waals surface area contributed by atoms with Crippen molar-refractivity contribution in [3.8, 4) is 11.3 Å². The number of carbonyl (C=O) groups excluding carboxylic acids is 1. The van der Waals surface area contributed by atoms with Crippen LogP contribution in [0.3, 0.4) is 0 Å². The monoisotopic (exact) mass is 323 g/mol. The second-order valence-corrected chi connectivity index (χ2v) is 4.93. The molecule has 2 rings (SSSR count). The van der Waals surface area contributed by atoms with E-state index in [1.54, 1.807) is 0 Å². The van der Waals surface area contributed by atoms with E-state index in [2.05, 4.69) is 20.7 Å². The Morgan fingerprint density at radius 2 is 2.11 bits per heavy atom. The highest BCUT2D eigenvalue weighted by Gasteiger charge is 2.17. The van der Waals surface area contributed by atoms with Crippen molar-refractivity contribution in [2.45, 2.75) is 12.5 Å². The van der Waals surface area contributed by atoms with Crippen molar-refractivity contribution in [3.63, 3.8) is 0 Å². The van der Waals surface area contributed by atoms with E-state index in [-0.39, 0.29) is 0 Å². The summed E-state index contributed by atoms with van der Waals surface area (Å²) in [6.45, 7) is 0. The van der Waals surface area contributed by atoms with Crippen LogP contribution in [-0.4, -0.2) is 19.1 Å². The standard InChI is InChI=1S/C14H14BrNO3/c1-18-14(17)12(16)8-9-6-7-13(19-9)10-4-2-3-5-11(10)15/h2-7,12H,8,16H2,1H3. The molecule has 1 heterocycles. The minimum atomic E-state index is -0.705. The third-order valence-electron chi connectivity index (χ3n) is 2.73. The zero-order valence-electron chi connectivity index (χ0n) is 10.4.